The Morgan fingerprint density at radius 3 is 2.67 bits per heavy atom. The molecule has 0 spiro atoms. The molecule has 0 saturated carbocycles. The predicted octanol–water partition coefficient (Wildman–Crippen LogP) is 3.82. The van der Waals surface area contributed by atoms with Crippen LogP contribution in [0, 0.1) is 10.1 Å². The molecule has 2 aromatic carbocycles. The molecule has 8 heteroatoms. The van der Waals surface area contributed by atoms with Crippen LogP contribution in [-0.2, 0) is 0 Å². The van der Waals surface area contributed by atoms with Gasteiger partial charge in [0, 0.05) is 17.7 Å². The number of carbonyl (C=O) groups is 1. The molecular formula is C16H12N4O4. The van der Waals surface area contributed by atoms with Crippen molar-refractivity contribution in [3.8, 4) is 5.75 Å². The lowest BCUT2D eigenvalue weighted by atomic mass is 10.1. The van der Waals surface area contributed by atoms with Gasteiger partial charge in [0.1, 0.15) is 5.75 Å². The summed E-state index contributed by atoms with van der Waals surface area (Å²) in [6, 6.07) is 12.6. The Morgan fingerprint density at radius 2 is 1.92 bits per heavy atom. The molecule has 1 aliphatic heterocycles. The van der Waals surface area contributed by atoms with Crippen molar-refractivity contribution in [2.75, 3.05) is 0 Å². The van der Waals surface area contributed by atoms with Crippen molar-refractivity contribution in [2.45, 2.75) is 6.17 Å². The van der Waals surface area contributed by atoms with Crippen molar-refractivity contribution in [3.63, 3.8) is 0 Å². The van der Waals surface area contributed by atoms with E-state index in [4.69, 9.17) is 4.74 Å². The summed E-state index contributed by atoms with van der Waals surface area (Å²) in [7, 11) is 0. The molecule has 120 valence electrons. The van der Waals surface area contributed by atoms with Crippen molar-refractivity contribution in [3.05, 3.63) is 70.3 Å². The molecule has 0 aromatic heterocycles. The third-order valence-corrected chi connectivity index (χ3v) is 3.21. The summed E-state index contributed by atoms with van der Waals surface area (Å²) in [5.41, 5.74) is 1.53. The average Bonchev–Trinajstić information content (AvgIpc) is 2.78. The lowest BCUT2D eigenvalue weighted by Gasteiger charge is -2.09. The van der Waals surface area contributed by atoms with Crippen LogP contribution in [0.5, 0.6) is 5.75 Å². The molecule has 1 atom stereocenters. The van der Waals surface area contributed by atoms with Gasteiger partial charge in [0.15, 0.2) is 6.17 Å². The minimum Gasteiger partial charge on any atom is -0.410 e. The third kappa shape index (κ3) is 3.61. The van der Waals surface area contributed by atoms with Gasteiger partial charge in [0.2, 0.25) is 0 Å². The number of nitro benzene ring substituents is 1. The van der Waals surface area contributed by atoms with Crippen molar-refractivity contribution in [1.29, 1.82) is 0 Å². The van der Waals surface area contributed by atoms with Crippen LogP contribution in [0.2, 0.25) is 0 Å². The standard InChI is InChI=1S/C16H12N4O4/c21-16(24-13-8-6-12(7-9-13)20(22)23)17-15-10-5-11-3-1-2-4-14(11)18-19-15/h1-10,15H,(H,17,21). The van der Waals surface area contributed by atoms with E-state index in [0.29, 0.717) is 5.69 Å². The Bertz CT molecular complexity index is 797. The second-order valence-corrected chi connectivity index (χ2v) is 4.86. The Hall–Kier alpha value is -3.55. The summed E-state index contributed by atoms with van der Waals surface area (Å²) in [6.45, 7) is 0. The first-order valence-electron chi connectivity index (χ1n) is 7.03. The highest BCUT2D eigenvalue weighted by molar-refractivity contribution is 5.72. The van der Waals surface area contributed by atoms with Gasteiger partial charge in [-0.3, -0.25) is 15.4 Å². The van der Waals surface area contributed by atoms with Crippen molar-refractivity contribution in [1.82, 2.24) is 5.32 Å². The third-order valence-electron chi connectivity index (χ3n) is 3.21. The molecule has 1 unspecified atom stereocenters. The topological polar surface area (TPSA) is 106 Å². The Morgan fingerprint density at radius 1 is 1.17 bits per heavy atom. The van der Waals surface area contributed by atoms with Crippen molar-refractivity contribution < 1.29 is 14.5 Å². The number of nitrogens with one attached hydrogen (secondary N) is 1. The first-order chi connectivity index (χ1) is 11.6. The molecule has 3 rings (SSSR count). The van der Waals surface area contributed by atoms with Crippen LogP contribution in [0.1, 0.15) is 5.56 Å². The fraction of sp³-hybridized carbons (Fsp3) is 0.0625. The van der Waals surface area contributed by atoms with Crippen LogP contribution in [0.25, 0.3) is 6.08 Å². The van der Waals surface area contributed by atoms with Gasteiger partial charge >= 0.3 is 6.09 Å². The number of hydrogen-bond donors (Lipinski definition) is 1. The lowest BCUT2D eigenvalue weighted by molar-refractivity contribution is -0.384. The summed E-state index contributed by atoms with van der Waals surface area (Å²) >= 11 is 0. The molecule has 2 aromatic rings. The zero-order chi connectivity index (χ0) is 16.9. The van der Waals surface area contributed by atoms with E-state index in [-0.39, 0.29) is 11.4 Å². The summed E-state index contributed by atoms with van der Waals surface area (Å²) in [4.78, 5) is 21.9. The smallest absolute Gasteiger partial charge is 0.410 e. The minimum atomic E-state index is -0.733. The second-order valence-electron chi connectivity index (χ2n) is 4.86. The van der Waals surface area contributed by atoms with E-state index in [1.165, 1.54) is 24.3 Å². The summed E-state index contributed by atoms with van der Waals surface area (Å²) in [5.74, 6) is 0.191. The molecule has 1 N–H and O–H groups in total. The highest BCUT2D eigenvalue weighted by atomic mass is 16.6. The number of carbonyl (C=O) groups excluding carboxylic acids is 1. The average molecular weight is 324 g/mol. The number of azo groups is 1. The van der Waals surface area contributed by atoms with E-state index < -0.39 is 17.2 Å². The van der Waals surface area contributed by atoms with Crippen LogP contribution in [-0.4, -0.2) is 17.2 Å². The second kappa shape index (κ2) is 6.69. The maximum Gasteiger partial charge on any atom is 0.414 e. The molecular weight excluding hydrogens is 312 g/mol. The fourth-order valence-electron chi connectivity index (χ4n) is 2.05. The van der Waals surface area contributed by atoms with Gasteiger partial charge in [0.05, 0.1) is 10.6 Å². The van der Waals surface area contributed by atoms with E-state index in [1.54, 1.807) is 6.08 Å². The largest absolute Gasteiger partial charge is 0.414 e. The summed E-state index contributed by atoms with van der Waals surface area (Å²) < 4.78 is 5.06. The molecule has 1 heterocycles. The minimum absolute atomic E-state index is 0.0824. The van der Waals surface area contributed by atoms with Crippen LogP contribution < -0.4 is 10.1 Å². The first-order valence-corrected chi connectivity index (χ1v) is 7.03. The number of non-ortho nitro benzene ring substituents is 1. The number of fused-ring (bicyclic) bond motifs is 1. The van der Waals surface area contributed by atoms with Crippen LogP contribution in [0.3, 0.4) is 0 Å². The predicted molar refractivity (Wildman–Crippen MR) is 86.0 cm³/mol. The van der Waals surface area contributed by atoms with E-state index in [0.717, 1.165) is 5.56 Å². The molecule has 0 radical (unpaired) electrons. The molecule has 8 nitrogen and oxygen atoms in total. The lowest BCUT2D eigenvalue weighted by Crippen LogP contribution is -2.34. The highest BCUT2D eigenvalue weighted by Gasteiger charge is 2.13. The highest BCUT2D eigenvalue weighted by Crippen LogP contribution is 2.23. The van der Waals surface area contributed by atoms with E-state index in [9.17, 15) is 14.9 Å². The number of rotatable bonds is 3. The van der Waals surface area contributed by atoms with Gasteiger partial charge in [-0.2, -0.15) is 10.2 Å². The van der Waals surface area contributed by atoms with Crippen LogP contribution in [0.15, 0.2) is 64.8 Å². The normalized spacial score (nSPS) is 15.2. The molecule has 0 bridgehead atoms. The van der Waals surface area contributed by atoms with E-state index in [2.05, 4.69) is 15.5 Å². The Balaban J connectivity index is 1.62. The van der Waals surface area contributed by atoms with Gasteiger partial charge in [-0.05, 0) is 24.3 Å². The van der Waals surface area contributed by atoms with Crippen molar-refractivity contribution >= 4 is 23.5 Å². The summed E-state index contributed by atoms with van der Waals surface area (Å²) in [6.07, 6.45) is 2.10. The Kier molecular flexibility index (Phi) is 4.28. The number of benzene rings is 2. The molecule has 0 fully saturated rings. The first kappa shape index (κ1) is 15.3. The molecule has 24 heavy (non-hydrogen) atoms. The van der Waals surface area contributed by atoms with Crippen molar-refractivity contribution in [2.24, 2.45) is 10.2 Å². The number of nitrogens with zero attached hydrogens (tertiary/aromatic N) is 3. The molecule has 0 saturated heterocycles. The van der Waals surface area contributed by atoms with Crippen LogP contribution in [0.4, 0.5) is 16.2 Å². The van der Waals surface area contributed by atoms with Gasteiger partial charge in [-0.25, -0.2) is 4.79 Å². The van der Waals surface area contributed by atoms with Gasteiger partial charge in [0.25, 0.3) is 5.69 Å². The fourth-order valence-corrected chi connectivity index (χ4v) is 2.05. The summed E-state index contributed by atoms with van der Waals surface area (Å²) in [5, 5.41) is 21.2. The zero-order valence-corrected chi connectivity index (χ0v) is 12.3. The molecule has 1 amide bonds. The van der Waals surface area contributed by atoms with Gasteiger partial charge in [-0.1, -0.05) is 24.3 Å². The maximum atomic E-state index is 11.9. The van der Waals surface area contributed by atoms with E-state index in [1.807, 2.05) is 30.3 Å². The molecule has 0 aliphatic carbocycles. The monoisotopic (exact) mass is 324 g/mol. The number of amides is 1. The molecule has 1 aliphatic rings. The van der Waals surface area contributed by atoms with Crippen LogP contribution >= 0.6 is 0 Å². The quantitative estimate of drug-likeness (QED) is 0.684. The SMILES string of the molecule is O=C(NC1C=Cc2ccccc2N=N1)Oc1ccc([N+](=O)[O-])cc1. The number of nitro groups is 1. The number of hydrogen-bond acceptors (Lipinski definition) is 6. The number of ether oxygens (including phenoxy) is 1. The Labute approximate surface area is 136 Å². The van der Waals surface area contributed by atoms with Gasteiger partial charge < -0.3 is 4.74 Å². The van der Waals surface area contributed by atoms with Gasteiger partial charge in [-0.15, -0.1) is 0 Å². The maximum absolute atomic E-state index is 11.9. The zero-order valence-electron chi connectivity index (χ0n) is 12.3. The van der Waals surface area contributed by atoms with E-state index >= 15 is 0 Å².